The zero-order valence-electron chi connectivity index (χ0n) is 8.60. The quantitative estimate of drug-likeness (QED) is 0.575. The fraction of sp³-hybridized carbons (Fsp3) is 0.900. The van der Waals surface area contributed by atoms with Crippen molar-refractivity contribution in [2.24, 2.45) is 0 Å². The van der Waals surface area contributed by atoms with Gasteiger partial charge in [-0.3, -0.25) is 0 Å². The molecule has 2 nitrogen and oxygen atoms in total. The van der Waals surface area contributed by atoms with E-state index in [0.29, 0.717) is 0 Å². The third kappa shape index (κ3) is 22.7. The Hall–Kier alpha value is -0.550. The molecule has 0 radical (unpaired) electrons. The van der Waals surface area contributed by atoms with Crippen molar-refractivity contribution >= 4 is 0 Å². The van der Waals surface area contributed by atoms with E-state index >= 15 is 0 Å². The summed E-state index contributed by atoms with van der Waals surface area (Å²) in [5.41, 5.74) is 0. The Labute approximate surface area is 76.5 Å². The molecule has 0 aromatic rings. The largest absolute Gasteiger partial charge is 0.381 e. The normalized spacial score (nSPS) is 8.17. The second-order valence-electron chi connectivity index (χ2n) is 2.54. The monoisotopic (exact) mass is 171 g/mol. The summed E-state index contributed by atoms with van der Waals surface area (Å²) in [5.74, 6) is 0. The molecule has 0 spiro atoms. The standard InChI is InChI=1S/C8H18O.C2H3N/c1-3-5-7-9-8-6-4-2;1-2-3/h3-8H2,1-2H3;1H3. The van der Waals surface area contributed by atoms with Crippen molar-refractivity contribution in [1.29, 1.82) is 5.26 Å². The van der Waals surface area contributed by atoms with Gasteiger partial charge in [0.05, 0.1) is 6.07 Å². The maximum atomic E-state index is 7.32. The lowest BCUT2D eigenvalue weighted by Crippen LogP contribution is -1.95. The van der Waals surface area contributed by atoms with Gasteiger partial charge in [-0.25, -0.2) is 0 Å². The van der Waals surface area contributed by atoms with Crippen LogP contribution in [-0.2, 0) is 4.74 Å². The van der Waals surface area contributed by atoms with Gasteiger partial charge in [0.2, 0.25) is 0 Å². The van der Waals surface area contributed by atoms with Crippen LogP contribution in [0.4, 0.5) is 0 Å². The van der Waals surface area contributed by atoms with Gasteiger partial charge in [0.25, 0.3) is 0 Å². The molecule has 0 aromatic heterocycles. The highest BCUT2D eigenvalue weighted by Gasteiger charge is 1.84. The first-order valence-electron chi connectivity index (χ1n) is 4.72. The molecule has 0 saturated carbocycles. The van der Waals surface area contributed by atoms with Crippen molar-refractivity contribution in [3.63, 3.8) is 0 Å². The molecule has 0 heterocycles. The van der Waals surface area contributed by atoms with Crippen molar-refractivity contribution in [2.45, 2.75) is 46.5 Å². The number of hydrogen-bond donors (Lipinski definition) is 0. The second-order valence-corrected chi connectivity index (χ2v) is 2.54. The van der Waals surface area contributed by atoms with E-state index in [1.807, 2.05) is 0 Å². The molecule has 0 aliphatic heterocycles. The molecule has 72 valence electrons. The summed E-state index contributed by atoms with van der Waals surface area (Å²) >= 11 is 0. The van der Waals surface area contributed by atoms with E-state index < -0.39 is 0 Å². The summed E-state index contributed by atoms with van der Waals surface area (Å²) < 4.78 is 5.31. The number of nitrogens with zero attached hydrogens (tertiary/aromatic N) is 1. The molecule has 0 N–H and O–H groups in total. The average molecular weight is 171 g/mol. The van der Waals surface area contributed by atoms with E-state index in [2.05, 4.69) is 13.8 Å². The zero-order valence-corrected chi connectivity index (χ0v) is 8.60. The molecule has 0 atom stereocenters. The molecule has 0 aliphatic rings. The first-order chi connectivity index (χ1) is 5.83. The number of unbranched alkanes of at least 4 members (excludes halogenated alkanes) is 2. The van der Waals surface area contributed by atoms with Gasteiger partial charge in [-0.15, -0.1) is 0 Å². The molecular formula is C10H21NO. The summed E-state index contributed by atoms with van der Waals surface area (Å²) in [7, 11) is 0. The number of nitriles is 1. The first-order valence-corrected chi connectivity index (χ1v) is 4.72. The highest BCUT2D eigenvalue weighted by Crippen LogP contribution is 1.91. The molecule has 0 bridgehead atoms. The maximum absolute atomic E-state index is 7.32. The van der Waals surface area contributed by atoms with Gasteiger partial charge in [-0.05, 0) is 12.8 Å². The summed E-state index contributed by atoms with van der Waals surface area (Å²) in [5, 5.41) is 7.32. The van der Waals surface area contributed by atoms with E-state index in [1.54, 1.807) is 6.07 Å². The molecule has 0 amide bonds. The third-order valence-corrected chi connectivity index (χ3v) is 1.28. The lowest BCUT2D eigenvalue weighted by atomic mass is 10.3. The van der Waals surface area contributed by atoms with Gasteiger partial charge in [-0.2, -0.15) is 5.26 Å². The summed E-state index contributed by atoms with van der Waals surface area (Å²) in [6.45, 7) is 7.71. The minimum absolute atomic E-state index is 0.955. The van der Waals surface area contributed by atoms with Crippen LogP contribution in [0, 0.1) is 11.3 Å². The Morgan fingerprint density at radius 3 is 1.67 bits per heavy atom. The Bertz CT molecular complexity index is 90.5. The minimum Gasteiger partial charge on any atom is -0.381 e. The van der Waals surface area contributed by atoms with E-state index in [-0.39, 0.29) is 0 Å². The van der Waals surface area contributed by atoms with E-state index in [4.69, 9.17) is 10.00 Å². The minimum atomic E-state index is 0.955. The molecule has 0 unspecified atom stereocenters. The lowest BCUT2D eigenvalue weighted by Gasteiger charge is -1.99. The second kappa shape index (κ2) is 16.8. The fourth-order valence-electron chi connectivity index (χ4n) is 0.595. The summed E-state index contributed by atoms with van der Waals surface area (Å²) in [6.07, 6.45) is 4.91. The topological polar surface area (TPSA) is 33.0 Å². The van der Waals surface area contributed by atoms with E-state index in [1.165, 1.54) is 32.6 Å². The summed E-state index contributed by atoms with van der Waals surface area (Å²) in [6, 6.07) is 1.75. The predicted molar refractivity (Wildman–Crippen MR) is 51.9 cm³/mol. The van der Waals surface area contributed by atoms with Gasteiger partial charge in [0.15, 0.2) is 0 Å². The number of ether oxygens (including phenoxy) is 1. The SMILES string of the molecule is CC#N.CCCCOCCCC. The van der Waals surface area contributed by atoms with Crippen molar-refractivity contribution in [3.8, 4) is 6.07 Å². The zero-order chi connectivity index (χ0) is 9.66. The molecule has 2 heteroatoms. The lowest BCUT2D eigenvalue weighted by molar-refractivity contribution is 0.128. The Kier molecular flexibility index (Phi) is 19.6. The van der Waals surface area contributed by atoms with E-state index in [9.17, 15) is 0 Å². The van der Waals surface area contributed by atoms with Gasteiger partial charge in [0, 0.05) is 20.1 Å². The maximum Gasteiger partial charge on any atom is 0.0587 e. The Morgan fingerprint density at radius 1 is 1.08 bits per heavy atom. The van der Waals surface area contributed by atoms with Gasteiger partial charge >= 0.3 is 0 Å². The van der Waals surface area contributed by atoms with Crippen molar-refractivity contribution in [3.05, 3.63) is 0 Å². The predicted octanol–water partition coefficient (Wildman–Crippen LogP) is 3.13. The Morgan fingerprint density at radius 2 is 1.42 bits per heavy atom. The number of rotatable bonds is 6. The van der Waals surface area contributed by atoms with Crippen LogP contribution in [-0.4, -0.2) is 13.2 Å². The molecule has 0 aliphatic carbocycles. The van der Waals surface area contributed by atoms with Gasteiger partial charge < -0.3 is 4.74 Å². The molecule has 0 saturated heterocycles. The van der Waals surface area contributed by atoms with Crippen LogP contribution in [0.15, 0.2) is 0 Å². The highest BCUT2D eigenvalue weighted by atomic mass is 16.5. The van der Waals surface area contributed by atoms with Crippen LogP contribution >= 0.6 is 0 Å². The van der Waals surface area contributed by atoms with Crippen LogP contribution in [0.5, 0.6) is 0 Å². The van der Waals surface area contributed by atoms with Crippen LogP contribution < -0.4 is 0 Å². The number of hydrogen-bond acceptors (Lipinski definition) is 2. The Balaban J connectivity index is 0. The first kappa shape index (κ1) is 14.0. The van der Waals surface area contributed by atoms with Crippen LogP contribution in [0.2, 0.25) is 0 Å². The smallest absolute Gasteiger partial charge is 0.0587 e. The van der Waals surface area contributed by atoms with Crippen LogP contribution in [0.1, 0.15) is 46.5 Å². The van der Waals surface area contributed by atoms with Gasteiger partial charge in [-0.1, -0.05) is 26.7 Å². The molecule has 12 heavy (non-hydrogen) atoms. The average Bonchev–Trinajstić information content (AvgIpc) is 2.06. The van der Waals surface area contributed by atoms with Crippen LogP contribution in [0.25, 0.3) is 0 Å². The molecule has 0 aromatic carbocycles. The molecule has 0 rings (SSSR count). The van der Waals surface area contributed by atoms with Crippen LogP contribution in [0.3, 0.4) is 0 Å². The van der Waals surface area contributed by atoms with E-state index in [0.717, 1.165) is 13.2 Å². The van der Waals surface area contributed by atoms with Gasteiger partial charge in [0.1, 0.15) is 0 Å². The van der Waals surface area contributed by atoms with Crippen molar-refractivity contribution in [1.82, 2.24) is 0 Å². The third-order valence-electron chi connectivity index (χ3n) is 1.28. The molecular weight excluding hydrogens is 150 g/mol. The highest BCUT2D eigenvalue weighted by molar-refractivity contribution is 4.51. The molecule has 0 fully saturated rings. The fourth-order valence-corrected chi connectivity index (χ4v) is 0.595. The van der Waals surface area contributed by atoms with Crippen molar-refractivity contribution in [2.75, 3.05) is 13.2 Å². The summed E-state index contributed by atoms with van der Waals surface area (Å²) in [4.78, 5) is 0. The van der Waals surface area contributed by atoms with Crippen molar-refractivity contribution < 1.29 is 4.74 Å².